The lowest BCUT2D eigenvalue weighted by Gasteiger charge is -2.45. The van der Waals surface area contributed by atoms with E-state index >= 15 is 0 Å². The van der Waals surface area contributed by atoms with Crippen LogP contribution >= 0.6 is 0 Å². The Kier molecular flexibility index (Phi) is 5.27. The third kappa shape index (κ3) is 3.45. The van der Waals surface area contributed by atoms with E-state index in [0.29, 0.717) is 28.9 Å². The van der Waals surface area contributed by atoms with Crippen LogP contribution in [0.1, 0.15) is 22.3 Å². The van der Waals surface area contributed by atoms with Gasteiger partial charge >= 0.3 is 0 Å². The normalized spacial score (nSPS) is 22.5. The van der Waals surface area contributed by atoms with Gasteiger partial charge in [0, 0.05) is 24.2 Å². The average molecular weight is 429 g/mol. The number of morpholine rings is 1. The molecule has 158 valence electrons. The van der Waals surface area contributed by atoms with Gasteiger partial charge in [0.25, 0.3) is 10.0 Å². The molecule has 30 heavy (non-hydrogen) atoms. The van der Waals surface area contributed by atoms with Crippen LogP contribution in [0.4, 0.5) is 0 Å². The smallest absolute Gasteiger partial charge is 0.283 e. The molecule has 0 bridgehead atoms. The van der Waals surface area contributed by atoms with Crippen molar-refractivity contribution >= 4 is 15.7 Å². The molecule has 0 radical (unpaired) electrons. The number of aliphatic hydroxyl groups excluding tert-OH is 1. The lowest BCUT2D eigenvalue weighted by atomic mass is 9.86. The quantitative estimate of drug-likeness (QED) is 0.771. The van der Waals surface area contributed by atoms with Gasteiger partial charge in [0.1, 0.15) is 0 Å². The summed E-state index contributed by atoms with van der Waals surface area (Å²) in [4.78, 5) is 1.93. The van der Waals surface area contributed by atoms with Crippen molar-refractivity contribution in [3.63, 3.8) is 0 Å². The monoisotopic (exact) mass is 428 g/mol. The van der Waals surface area contributed by atoms with E-state index in [1.807, 2.05) is 6.92 Å². The summed E-state index contributed by atoms with van der Waals surface area (Å²) >= 11 is 0. The topological polar surface area (TPSA) is 99.4 Å². The van der Waals surface area contributed by atoms with E-state index in [1.165, 1.54) is 6.08 Å². The van der Waals surface area contributed by atoms with E-state index in [1.54, 1.807) is 54.3 Å². The predicted molar refractivity (Wildman–Crippen MR) is 113 cm³/mol. The van der Waals surface area contributed by atoms with Crippen molar-refractivity contribution in [1.29, 1.82) is 0 Å². The minimum absolute atomic E-state index is 0.109. The van der Waals surface area contributed by atoms with Gasteiger partial charge in [-0.3, -0.25) is 0 Å². The van der Waals surface area contributed by atoms with Crippen LogP contribution in [-0.2, 0) is 20.5 Å². The van der Waals surface area contributed by atoms with Crippen molar-refractivity contribution in [1.82, 2.24) is 4.90 Å². The molecule has 1 saturated heterocycles. The summed E-state index contributed by atoms with van der Waals surface area (Å²) in [6, 6.07) is 12.0. The molecule has 2 aromatic rings. The summed E-state index contributed by atoms with van der Waals surface area (Å²) in [6.45, 7) is 4.56. The van der Waals surface area contributed by atoms with Gasteiger partial charge in [-0.15, -0.1) is 0 Å². The minimum Gasteiger partial charge on any atom is -0.395 e. The Bertz CT molecular complexity index is 1150. The fourth-order valence-electron chi connectivity index (χ4n) is 4.02. The van der Waals surface area contributed by atoms with E-state index < -0.39 is 15.8 Å². The highest BCUT2D eigenvalue weighted by Crippen LogP contribution is 2.41. The third-order valence-corrected chi connectivity index (χ3v) is 6.85. The number of β-amino-alcohol motifs (C(OH)–C–C–N with tert-alkyl or cyclic N) is 1. The van der Waals surface area contributed by atoms with Crippen molar-refractivity contribution in [3.05, 3.63) is 76.5 Å². The Morgan fingerprint density at radius 3 is 2.70 bits per heavy atom. The molecule has 1 aliphatic carbocycles. The van der Waals surface area contributed by atoms with Gasteiger partial charge in [-0.25, -0.2) is 0 Å². The number of rotatable bonds is 4. The highest BCUT2D eigenvalue weighted by Gasteiger charge is 2.46. The second-order valence-electron chi connectivity index (χ2n) is 7.50. The van der Waals surface area contributed by atoms with Gasteiger partial charge in [0.2, 0.25) is 5.79 Å². The Morgan fingerprint density at radius 1 is 1.20 bits per heavy atom. The Balaban J connectivity index is 1.90. The number of hydrogen-bond donors (Lipinski definition) is 2. The molecule has 0 saturated carbocycles. The second-order valence-corrected chi connectivity index (χ2v) is 9.07. The lowest BCUT2D eigenvalue weighted by Crippen LogP contribution is -2.50. The number of aliphatic hydroxyl groups is 2. The molecule has 4 rings (SSSR count). The molecule has 1 unspecified atom stereocenters. The zero-order valence-electron chi connectivity index (χ0n) is 16.9. The van der Waals surface area contributed by atoms with Crippen molar-refractivity contribution in [2.45, 2.75) is 24.5 Å². The molecule has 1 fully saturated rings. The molecular formula is C22H24N2O5S. The van der Waals surface area contributed by atoms with Crippen LogP contribution in [0.2, 0.25) is 0 Å². The first kappa shape index (κ1) is 20.7. The van der Waals surface area contributed by atoms with Crippen LogP contribution in [0, 0.1) is 13.8 Å². The van der Waals surface area contributed by atoms with Crippen LogP contribution < -0.4 is 0 Å². The Morgan fingerprint density at radius 2 is 1.97 bits per heavy atom. The predicted octanol–water partition coefficient (Wildman–Crippen LogP) is 1.85. The van der Waals surface area contributed by atoms with E-state index in [-0.39, 0.29) is 30.4 Å². The first-order valence-electron chi connectivity index (χ1n) is 9.73. The summed E-state index contributed by atoms with van der Waals surface area (Å²) in [5.74, 6) is -1.72. The summed E-state index contributed by atoms with van der Waals surface area (Å²) in [7, 11) is -3.98. The van der Waals surface area contributed by atoms with Crippen LogP contribution in [0.3, 0.4) is 0 Å². The molecule has 7 nitrogen and oxygen atoms in total. The van der Waals surface area contributed by atoms with Gasteiger partial charge < -0.3 is 19.8 Å². The van der Waals surface area contributed by atoms with Crippen molar-refractivity contribution in [2.75, 3.05) is 26.3 Å². The van der Waals surface area contributed by atoms with Gasteiger partial charge in [0.15, 0.2) is 0 Å². The van der Waals surface area contributed by atoms with Crippen molar-refractivity contribution < 1.29 is 23.4 Å². The molecule has 1 aliphatic heterocycles. The van der Waals surface area contributed by atoms with Gasteiger partial charge in [0.05, 0.1) is 29.5 Å². The largest absolute Gasteiger partial charge is 0.395 e. The van der Waals surface area contributed by atoms with Crippen LogP contribution in [0.25, 0.3) is 0 Å². The molecule has 8 heteroatoms. The van der Waals surface area contributed by atoms with Crippen molar-refractivity contribution in [3.8, 4) is 0 Å². The number of fused-ring (bicyclic) bond motifs is 3. The van der Waals surface area contributed by atoms with Gasteiger partial charge in [-0.05, 0) is 31.6 Å². The SMILES string of the molecule is Cc1ccc(S(=O)(=O)N=C2C=C3N(CCO)CCOC3(O)c3ccccc32)c(C)c1. The lowest BCUT2D eigenvalue weighted by molar-refractivity contribution is -0.219. The van der Waals surface area contributed by atoms with E-state index in [0.717, 1.165) is 5.56 Å². The van der Waals surface area contributed by atoms with Crippen LogP contribution in [-0.4, -0.2) is 55.5 Å². The molecule has 2 aromatic carbocycles. The minimum atomic E-state index is -3.98. The average Bonchev–Trinajstić information content (AvgIpc) is 2.69. The van der Waals surface area contributed by atoms with E-state index in [9.17, 15) is 18.6 Å². The maximum atomic E-state index is 13.1. The Hall–Kier alpha value is -2.52. The molecule has 0 amide bonds. The number of nitrogens with zero attached hydrogens (tertiary/aromatic N) is 2. The Labute approximate surface area is 176 Å². The fraction of sp³-hybridized carbons (Fsp3) is 0.318. The molecule has 1 heterocycles. The number of allylic oxidation sites excluding steroid dienone is 1. The molecule has 0 aromatic heterocycles. The maximum Gasteiger partial charge on any atom is 0.283 e. The molecular weight excluding hydrogens is 404 g/mol. The fourth-order valence-corrected chi connectivity index (χ4v) is 5.24. The highest BCUT2D eigenvalue weighted by atomic mass is 32.2. The summed E-state index contributed by atoms with van der Waals surface area (Å²) in [6.07, 6.45) is 1.54. The third-order valence-electron chi connectivity index (χ3n) is 5.40. The zero-order chi connectivity index (χ0) is 21.5. The number of aryl methyl sites for hydroxylation is 2. The molecule has 0 spiro atoms. The molecule has 2 N–H and O–H groups in total. The number of hydrogen-bond acceptors (Lipinski definition) is 6. The first-order chi connectivity index (χ1) is 14.3. The maximum absolute atomic E-state index is 13.1. The first-order valence-corrected chi connectivity index (χ1v) is 11.2. The standard InChI is InChI=1S/C22H24N2O5S/c1-15-7-8-20(16(2)13-15)30(27,28)23-19-14-21-22(26,18-6-4-3-5-17(18)19)29-12-10-24(21)9-11-25/h3-8,13-14,25-26H,9-12H2,1-2H3. The summed E-state index contributed by atoms with van der Waals surface area (Å²) in [5.41, 5.74) is 3.10. The summed E-state index contributed by atoms with van der Waals surface area (Å²) < 4.78 is 36.1. The van der Waals surface area contributed by atoms with E-state index in [2.05, 4.69) is 4.40 Å². The van der Waals surface area contributed by atoms with Gasteiger partial charge in [-0.2, -0.15) is 12.8 Å². The number of benzene rings is 2. The number of ether oxygens (including phenoxy) is 1. The molecule has 1 atom stereocenters. The van der Waals surface area contributed by atoms with Crippen molar-refractivity contribution in [2.24, 2.45) is 4.40 Å². The second kappa shape index (κ2) is 7.63. The number of sulfonamides is 1. The van der Waals surface area contributed by atoms with E-state index in [4.69, 9.17) is 4.74 Å². The summed E-state index contributed by atoms with van der Waals surface area (Å²) in [5, 5.41) is 20.8. The molecule has 2 aliphatic rings. The zero-order valence-corrected chi connectivity index (χ0v) is 17.7. The van der Waals surface area contributed by atoms with Gasteiger partial charge in [-0.1, -0.05) is 42.0 Å². The van der Waals surface area contributed by atoms with Crippen LogP contribution in [0.5, 0.6) is 0 Å². The van der Waals surface area contributed by atoms with Crippen LogP contribution in [0.15, 0.2) is 63.5 Å². The highest BCUT2D eigenvalue weighted by molar-refractivity contribution is 7.90.